The highest BCUT2D eigenvalue weighted by Crippen LogP contribution is 2.20. The van der Waals surface area contributed by atoms with Gasteiger partial charge in [0.05, 0.1) is 12.6 Å². The van der Waals surface area contributed by atoms with E-state index in [4.69, 9.17) is 15.9 Å². The minimum absolute atomic E-state index is 0.0795. The van der Waals surface area contributed by atoms with Crippen LogP contribution in [-0.2, 0) is 38.4 Å². The van der Waals surface area contributed by atoms with Crippen LogP contribution in [0.2, 0.25) is 0 Å². The summed E-state index contributed by atoms with van der Waals surface area (Å²) in [5.41, 5.74) is 5.77. The van der Waals surface area contributed by atoms with E-state index in [1.807, 2.05) is 0 Å². The Morgan fingerprint density at radius 2 is 1.42 bits per heavy atom. The lowest BCUT2D eigenvalue weighted by atomic mass is 10.0. The van der Waals surface area contributed by atoms with E-state index in [1.54, 1.807) is 27.7 Å². The minimum atomic E-state index is -1.39. The molecule has 17 nitrogen and oxygen atoms in total. The fourth-order valence-electron chi connectivity index (χ4n) is 4.70. The van der Waals surface area contributed by atoms with E-state index in [1.165, 1.54) is 4.90 Å². The molecule has 0 radical (unpaired) electrons. The fraction of sp³-hybridized carbons (Fsp3) is 0.714. The van der Waals surface area contributed by atoms with Gasteiger partial charge in [0, 0.05) is 19.4 Å². The van der Waals surface area contributed by atoms with Crippen LogP contribution < -0.4 is 27.0 Å². The number of carboxylic acid groups (broad SMARTS) is 3. The maximum absolute atomic E-state index is 13.4. The van der Waals surface area contributed by atoms with Crippen molar-refractivity contribution in [2.24, 2.45) is 17.6 Å². The number of nitrogens with one attached hydrogen (secondary N) is 4. The summed E-state index contributed by atoms with van der Waals surface area (Å²) in [5, 5.41) is 36.9. The number of nitrogens with zero attached hydrogens (tertiary/aromatic N) is 1. The summed E-state index contributed by atoms with van der Waals surface area (Å²) < 4.78 is 0. The molecular formula is C28H46N6O11. The Hall–Kier alpha value is -4.28. The van der Waals surface area contributed by atoms with Gasteiger partial charge in [0.25, 0.3) is 0 Å². The van der Waals surface area contributed by atoms with Crippen LogP contribution in [0.4, 0.5) is 0 Å². The normalized spacial score (nSPS) is 17.1. The van der Waals surface area contributed by atoms with Crippen LogP contribution in [0.15, 0.2) is 0 Å². The number of hydrogen-bond acceptors (Lipinski definition) is 9. The topological polar surface area (TPSA) is 275 Å². The molecule has 0 spiro atoms. The number of hydrogen-bond donors (Lipinski definition) is 8. The highest BCUT2D eigenvalue weighted by atomic mass is 16.4. The standard InChI is InChI=1S/C28H46N6O11/c1-14(2)12-18(28(44)45)32-25(41)17(8-10-22(38)39)31-20(35)13-30-26(42)19-6-5-11-34(19)27(43)23(15(3)4)33-24(40)16(29)7-9-21(36)37/h14-19,23H,5-13,29H2,1-4H3,(H,30,42)(H,31,35)(H,32,41)(H,33,40)(H,36,37)(H,38,39)(H,44,45)/t16-,17-,18-,19-,23-/m0/s1. The molecule has 1 heterocycles. The number of carbonyl (C=O) groups is 8. The predicted octanol–water partition coefficient (Wildman–Crippen LogP) is -1.61. The molecule has 0 bridgehead atoms. The Bertz CT molecular complexity index is 1110. The zero-order chi connectivity index (χ0) is 34.4. The molecule has 0 aromatic carbocycles. The summed E-state index contributed by atoms with van der Waals surface area (Å²) in [6.45, 7) is 6.45. The lowest BCUT2D eigenvalue weighted by molar-refractivity contribution is -0.143. The molecule has 0 aliphatic carbocycles. The molecule has 45 heavy (non-hydrogen) atoms. The molecule has 17 heteroatoms. The van der Waals surface area contributed by atoms with Gasteiger partial charge in [-0.2, -0.15) is 0 Å². The summed E-state index contributed by atoms with van der Waals surface area (Å²) in [6, 6.07) is -5.82. The SMILES string of the molecule is CC(C)C[C@H](NC(=O)[C@H](CCC(=O)O)NC(=O)CNC(=O)[C@@H]1CCCN1C(=O)[C@@H](NC(=O)[C@@H](N)CCC(=O)O)C(C)C)C(=O)O. The van der Waals surface area contributed by atoms with Gasteiger partial charge in [-0.1, -0.05) is 27.7 Å². The molecule has 1 rings (SSSR count). The van der Waals surface area contributed by atoms with Crippen LogP contribution in [-0.4, -0.2) is 111 Å². The zero-order valence-electron chi connectivity index (χ0n) is 26.0. The number of nitrogens with two attached hydrogens (primary N) is 1. The van der Waals surface area contributed by atoms with E-state index in [2.05, 4.69) is 21.3 Å². The van der Waals surface area contributed by atoms with E-state index < -0.39 is 96.5 Å². The maximum atomic E-state index is 13.4. The summed E-state index contributed by atoms with van der Waals surface area (Å²) in [4.78, 5) is 99.1. The van der Waals surface area contributed by atoms with Crippen molar-refractivity contribution >= 4 is 47.4 Å². The molecule has 9 N–H and O–H groups in total. The monoisotopic (exact) mass is 642 g/mol. The number of rotatable bonds is 19. The molecule has 1 saturated heterocycles. The average molecular weight is 643 g/mol. The average Bonchev–Trinajstić information content (AvgIpc) is 3.44. The van der Waals surface area contributed by atoms with Gasteiger partial charge in [0.2, 0.25) is 29.5 Å². The molecule has 1 aliphatic rings. The number of carboxylic acids is 3. The van der Waals surface area contributed by atoms with E-state index in [-0.39, 0.29) is 44.6 Å². The van der Waals surface area contributed by atoms with Crippen molar-refractivity contribution < 1.29 is 53.7 Å². The van der Waals surface area contributed by atoms with Crippen molar-refractivity contribution in [2.75, 3.05) is 13.1 Å². The number of aliphatic carboxylic acids is 3. The third-order valence-corrected chi connectivity index (χ3v) is 7.12. The van der Waals surface area contributed by atoms with Crippen molar-refractivity contribution in [1.29, 1.82) is 0 Å². The first-order valence-electron chi connectivity index (χ1n) is 14.8. The van der Waals surface area contributed by atoms with E-state index in [0.29, 0.717) is 6.42 Å². The summed E-state index contributed by atoms with van der Waals surface area (Å²) in [6.07, 6.45) is -0.452. The van der Waals surface area contributed by atoms with Crippen molar-refractivity contribution in [3.05, 3.63) is 0 Å². The second-order valence-corrected chi connectivity index (χ2v) is 11.8. The molecule has 0 aromatic heterocycles. The number of likely N-dealkylation sites (tertiary alicyclic amines) is 1. The van der Waals surface area contributed by atoms with Gasteiger partial charge in [-0.3, -0.25) is 33.6 Å². The van der Waals surface area contributed by atoms with Crippen LogP contribution >= 0.6 is 0 Å². The molecule has 5 atom stereocenters. The first-order chi connectivity index (χ1) is 20.9. The van der Waals surface area contributed by atoms with Crippen LogP contribution in [0.25, 0.3) is 0 Å². The summed E-state index contributed by atoms with van der Waals surface area (Å²) in [7, 11) is 0. The third-order valence-electron chi connectivity index (χ3n) is 7.12. The predicted molar refractivity (Wildman–Crippen MR) is 157 cm³/mol. The largest absolute Gasteiger partial charge is 0.481 e. The van der Waals surface area contributed by atoms with Gasteiger partial charge in [-0.05, 0) is 43.9 Å². The minimum Gasteiger partial charge on any atom is -0.481 e. The summed E-state index contributed by atoms with van der Waals surface area (Å²) >= 11 is 0. The van der Waals surface area contributed by atoms with Crippen molar-refractivity contribution in [2.45, 2.75) is 103 Å². The van der Waals surface area contributed by atoms with E-state index in [9.17, 15) is 43.5 Å². The Morgan fingerprint density at radius 1 is 0.822 bits per heavy atom. The molecule has 0 saturated carbocycles. The van der Waals surface area contributed by atoms with Crippen LogP contribution in [0.3, 0.4) is 0 Å². The van der Waals surface area contributed by atoms with E-state index >= 15 is 0 Å². The second kappa shape index (κ2) is 18.5. The number of carbonyl (C=O) groups excluding carboxylic acids is 5. The Morgan fingerprint density at radius 3 is 1.96 bits per heavy atom. The van der Waals surface area contributed by atoms with E-state index in [0.717, 1.165) is 0 Å². The number of amides is 5. The fourth-order valence-corrected chi connectivity index (χ4v) is 4.70. The van der Waals surface area contributed by atoms with Crippen LogP contribution in [0.5, 0.6) is 0 Å². The van der Waals surface area contributed by atoms with Gasteiger partial charge < -0.3 is 47.2 Å². The van der Waals surface area contributed by atoms with Gasteiger partial charge in [0.1, 0.15) is 24.2 Å². The lowest BCUT2D eigenvalue weighted by Gasteiger charge is -2.31. The molecule has 0 unspecified atom stereocenters. The molecule has 1 fully saturated rings. The van der Waals surface area contributed by atoms with Crippen molar-refractivity contribution in [3.8, 4) is 0 Å². The third kappa shape index (κ3) is 13.5. The highest BCUT2D eigenvalue weighted by molar-refractivity contribution is 5.95. The van der Waals surface area contributed by atoms with Crippen molar-refractivity contribution in [3.63, 3.8) is 0 Å². The first kappa shape index (κ1) is 38.7. The zero-order valence-corrected chi connectivity index (χ0v) is 26.0. The van der Waals surface area contributed by atoms with Gasteiger partial charge in [-0.15, -0.1) is 0 Å². The molecular weight excluding hydrogens is 596 g/mol. The maximum Gasteiger partial charge on any atom is 0.326 e. The molecule has 0 aromatic rings. The summed E-state index contributed by atoms with van der Waals surface area (Å²) in [5.74, 6) is -7.79. The smallest absolute Gasteiger partial charge is 0.326 e. The van der Waals surface area contributed by atoms with Crippen LogP contribution in [0, 0.1) is 11.8 Å². The van der Waals surface area contributed by atoms with Gasteiger partial charge in [-0.25, -0.2) is 4.79 Å². The Balaban J connectivity index is 2.87. The quantitative estimate of drug-likeness (QED) is 0.0790. The van der Waals surface area contributed by atoms with Gasteiger partial charge >= 0.3 is 17.9 Å². The molecule has 1 aliphatic heterocycles. The van der Waals surface area contributed by atoms with Crippen molar-refractivity contribution in [1.82, 2.24) is 26.2 Å². The Labute approximate surface area is 261 Å². The Kier molecular flexibility index (Phi) is 15.9. The highest BCUT2D eigenvalue weighted by Gasteiger charge is 2.39. The molecule has 254 valence electrons. The lowest BCUT2D eigenvalue weighted by Crippen LogP contribution is -2.58. The molecule has 5 amide bonds. The second-order valence-electron chi connectivity index (χ2n) is 11.8. The van der Waals surface area contributed by atoms with Crippen LogP contribution in [0.1, 0.15) is 72.6 Å². The van der Waals surface area contributed by atoms with Gasteiger partial charge in [0.15, 0.2) is 0 Å². The first-order valence-corrected chi connectivity index (χ1v) is 14.8.